The number of rotatable bonds is 9. The topological polar surface area (TPSA) is 93.7 Å². The van der Waals surface area contributed by atoms with Gasteiger partial charge in [-0.1, -0.05) is 24.6 Å². The smallest absolute Gasteiger partial charge is 0.262 e. The maximum absolute atomic E-state index is 12.1. The third kappa shape index (κ3) is 6.13. The number of amides is 1. The van der Waals surface area contributed by atoms with E-state index in [-0.39, 0.29) is 28.2 Å². The maximum Gasteiger partial charge on any atom is 0.262 e. The molecular weight excluding hydrogens is 392 g/mol. The second-order valence-electron chi connectivity index (χ2n) is 5.56. The first kappa shape index (κ1) is 21.0. The van der Waals surface area contributed by atoms with Crippen LogP contribution in [0.4, 0.5) is 5.69 Å². The molecule has 2 aromatic carbocycles. The third-order valence-corrected chi connectivity index (χ3v) is 5.22. The molecule has 0 saturated heterocycles. The van der Waals surface area contributed by atoms with Gasteiger partial charge in [0.1, 0.15) is 11.5 Å². The zero-order valence-electron chi connectivity index (χ0n) is 15.0. The zero-order valence-corrected chi connectivity index (χ0v) is 16.6. The van der Waals surface area contributed by atoms with Crippen LogP contribution in [0.25, 0.3) is 0 Å². The molecule has 0 spiro atoms. The Bertz CT molecular complexity index is 902. The maximum atomic E-state index is 12.1. The Balaban J connectivity index is 1.98. The van der Waals surface area contributed by atoms with Crippen LogP contribution in [-0.2, 0) is 14.8 Å². The third-order valence-electron chi connectivity index (χ3n) is 3.47. The molecule has 0 radical (unpaired) electrons. The number of carbonyl (C=O) groups excluding carboxylic acids is 1. The molecule has 9 heteroatoms. The highest BCUT2D eigenvalue weighted by Crippen LogP contribution is 2.27. The molecular formula is C18H21ClN2O5S. The lowest BCUT2D eigenvalue weighted by molar-refractivity contribution is -0.118. The summed E-state index contributed by atoms with van der Waals surface area (Å²) in [5, 5.41) is 2.77. The number of anilines is 1. The fourth-order valence-electron chi connectivity index (χ4n) is 2.13. The zero-order chi connectivity index (χ0) is 19.9. The van der Waals surface area contributed by atoms with Crippen LogP contribution in [0, 0.1) is 0 Å². The van der Waals surface area contributed by atoms with Crippen molar-refractivity contribution in [1.82, 2.24) is 4.72 Å². The van der Waals surface area contributed by atoms with Crippen molar-refractivity contribution in [2.24, 2.45) is 0 Å². The van der Waals surface area contributed by atoms with Crippen LogP contribution < -0.4 is 19.5 Å². The van der Waals surface area contributed by atoms with Crippen LogP contribution in [0.5, 0.6) is 11.5 Å². The quantitative estimate of drug-likeness (QED) is 0.660. The van der Waals surface area contributed by atoms with E-state index in [0.717, 1.165) is 0 Å². The molecule has 0 aromatic heterocycles. The van der Waals surface area contributed by atoms with E-state index >= 15 is 0 Å². The van der Waals surface area contributed by atoms with Crippen molar-refractivity contribution in [3.63, 3.8) is 0 Å². The first-order chi connectivity index (χ1) is 12.9. The SMILES string of the molecule is CCCNS(=O)(=O)c1ccc(OCC(=O)Nc2cccc(OC)c2)c(Cl)c1. The molecule has 0 unspecified atom stereocenters. The molecule has 0 bridgehead atoms. The summed E-state index contributed by atoms with van der Waals surface area (Å²) in [5.74, 6) is 0.442. The Kier molecular flexibility index (Phi) is 7.46. The Hall–Kier alpha value is -2.29. The highest BCUT2D eigenvalue weighted by molar-refractivity contribution is 7.89. The Morgan fingerprint density at radius 3 is 2.63 bits per heavy atom. The number of halogens is 1. The highest BCUT2D eigenvalue weighted by atomic mass is 35.5. The predicted octanol–water partition coefficient (Wildman–Crippen LogP) is 3.05. The minimum atomic E-state index is -3.62. The molecule has 27 heavy (non-hydrogen) atoms. The van der Waals surface area contributed by atoms with E-state index in [9.17, 15) is 13.2 Å². The van der Waals surface area contributed by atoms with Crippen LogP contribution in [0.3, 0.4) is 0 Å². The van der Waals surface area contributed by atoms with Gasteiger partial charge >= 0.3 is 0 Å². The van der Waals surface area contributed by atoms with Crippen LogP contribution in [0.1, 0.15) is 13.3 Å². The molecule has 146 valence electrons. The largest absolute Gasteiger partial charge is 0.497 e. The van der Waals surface area contributed by atoms with Crippen LogP contribution in [-0.4, -0.2) is 34.6 Å². The summed E-state index contributed by atoms with van der Waals surface area (Å²) in [6.07, 6.45) is 0.677. The molecule has 0 aliphatic heterocycles. The van der Waals surface area contributed by atoms with E-state index < -0.39 is 10.0 Å². The summed E-state index contributed by atoms with van der Waals surface area (Å²) in [7, 11) is -2.09. The van der Waals surface area contributed by atoms with Gasteiger partial charge in [-0.15, -0.1) is 0 Å². The second-order valence-corrected chi connectivity index (χ2v) is 7.73. The number of carbonyl (C=O) groups is 1. The monoisotopic (exact) mass is 412 g/mol. The summed E-state index contributed by atoms with van der Waals surface area (Å²) in [5.41, 5.74) is 0.567. The van der Waals surface area contributed by atoms with Gasteiger partial charge in [0.05, 0.1) is 17.0 Å². The van der Waals surface area contributed by atoms with E-state index in [1.165, 1.54) is 25.3 Å². The van der Waals surface area contributed by atoms with Gasteiger partial charge in [-0.25, -0.2) is 13.1 Å². The lowest BCUT2D eigenvalue weighted by atomic mass is 10.3. The van der Waals surface area contributed by atoms with Crippen molar-refractivity contribution >= 4 is 33.2 Å². The molecule has 0 aliphatic carbocycles. The number of nitrogens with one attached hydrogen (secondary N) is 2. The van der Waals surface area contributed by atoms with Crippen molar-refractivity contribution in [2.45, 2.75) is 18.2 Å². The van der Waals surface area contributed by atoms with Gasteiger partial charge in [-0.3, -0.25) is 4.79 Å². The van der Waals surface area contributed by atoms with E-state index in [1.54, 1.807) is 24.3 Å². The van der Waals surface area contributed by atoms with Crippen LogP contribution >= 0.6 is 11.6 Å². The Morgan fingerprint density at radius 1 is 1.19 bits per heavy atom. The standard InChI is InChI=1S/C18H21ClN2O5S/c1-3-9-20-27(23,24)15-7-8-17(16(19)11-15)26-12-18(22)21-13-5-4-6-14(10-13)25-2/h4-8,10-11,20H,3,9,12H2,1-2H3,(H,21,22). The minimum absolute atomic E-state index is 0.0362. The van der Waals surface area contributed by atoms with Gasteiger partial charge in [0.15, 0.2) is 6.61 Å². The van der Waals surface area contributed by atoms with E-state index in [2.05, 4.69) is 10.0 Å². The first-order valence-electron chi connectivity index (χ1n) is 8.21. The van der Waals surface area contributed by atoms with Gasteiger partial charge in [0.2, 0.25) is 10.0 Å². The van der Waals surface area contributed by atoms with Gasteiger partial charge in [-0.2, -0.15) is 0 Å². The van der Waals surface area contributed by atoms with Crippen molar-refractivity contribution in [1.29, 1.82) is 0 Å². The van der Waals surface area contributed by atoms with Gasteiger partial charge in [-0.05, 0) is 36.8 Å². The van der Waals surface area contributed by atoms with E-state index in [0.29, 0.717) is 24.4 Å². The molecule has 2 aromatic rings. The number of methoxy groups -OCH3 is 1. The minimum Gasteiger partial charge on any atom is -0.497 e. The molecule has 0 heterocycles. The predicted molar refractivity (Wildman–Crippen MR) is 104 cm³/mol. The van der Waals surface area contributed by atoms with Gasteiger partial charge in [0, 0.05) is 18.3 Å². The lowest BCUT2D eigenvalue weighted by Crippen LogP contribution is -2.24. The lowest BCUT2D eigenvalue weighted by Gasteiger charge is -2.11. The fourth-order valence-corrected chi connectivity index (χ4v) is 3.59. The Labute approximate surface area is 163 Å². The number of ether oxygens (including phenoxy) is 2. The summed E-state index contributed by atoms with van der Waals surface area (Å²) < 4.78 is 37.1. The molecule has 1 amide bonds. The number of hydrogen-bond donors (Lipinski definition) is 2. The molecule has 0 aliphatic rings. The number of sulfonamides is 1. The van der Waals surface area contributed by atoms with Crippen LogP contribution in [0.15, 0.2) is 47.4 Å². The average Bonchev–Trinajstić information content (AvgIpc) is 2.65. The summed E-state index contributed by atoms with van der Waals surface area (Å²) in [4.78, 5) is 12.1. The number of hydrogen-bond acceptors (Lipinski definition) is 5. The molecule has 2 rings (SSSR count). The van der Waals surface area contributed by atoms with Crippen LogP contribution in [0.2, 0.25) is 5.02 Å². The van der Waals surface area contributed by atoms with Crippen molar-refractivity contribution in [3.8, 4) is 11.5 Å². The summed E-state index contributed by atoms with van der Waals surface area (Å²) >= 11 is 6.09. The van der Waals surface area contributed by atoms with E-state index in [1.807, 2.05) is 6.92 Å². The summed E-state index contributed by atoms with van der Waals surface area (Å²) in [6, 6.07) is 11.0. The van der Waals surface area contributed by atoms with Gasteiger partial charge in [0.25, 0.3) is 5.91 Å². The number of benzene rings is 2. The van der Waals surface area contributed by atoms with Crippen molar-refractivity contribution in [3.05, 3.63) is 47.5 Å². The second kappa shape index (κ2) is 9.59. The highest BCUT2D eigenvalue weighted by Gasteiger charge is 2.16. The molecule has 7 nitrogen and oxygen atoms in total. The molecule has 0 saturated carbocycles. The average molecular weight is 413 g/mol. The van der Waals surface area contributed by atoms with E-state index in [4.69, 9.17) is 21.1 Å². The molecule has 2 N–H and O–H groups in total. The normalized spacial score (nSPS) is 11.1. The van der Waals surface area contributed by atoms with Gasteiger partial charge < -0.3 is 14.8 Å². The van der Waals surface area contributed by atoms with Crippen molar-refractivity contribution in [2.75, 3.05) is 25.6 Å². The molecule has 0 fully saturated rings. The molecule has 0 atom stereocenters. The first-order valence-corrected chi connectivity index (χ1v) is 10.1. The Morgan fingerprint density at radius 2 is 1.96 bits per heavy atom. The fraction of sp³-hybridized carbons (Fsp3) is 0.278. The van der Waals surface area contributed by atoms with Crippen molar-refractivity contribution < 1.29 is 22.7 Å². The summed E-state index contributed by atoms with van der Waals surface area (Å²) in [6.45, 7) is 1.92.